The van der Waals surface area contributed by atoms with E-state index < -0.39 is 0 Å². The van der Waals surface area contributed by atoms with Gasteiger partial charge in [0.15, 0.2) is 0 Å². The van der Waals surface area contributed by atoms with Crippen molar-refractivity contribution in [3.63, 3.8) is 0 Å². The number of hydrogen-bond donors (Lipinski definition) is 0. The summed E-state index contributed by atoms with van der Waals surface area (Å²) in [4.78, 5) is 0. The van der Waals surface area contributed by atoms with Gasteiger partial charge in [-0.15, -0.1) is 11.6 Å². The summed E-state index contributed by atoms with van der Waals surface area (Å²) < 4.78 is 2.07. The fourth-order valence-corrected chi connectivity index (χ4v) is 3.65. The average Bonchev–Trinajstić information content (AvgIpc) is 2.66. The Hall–Kier alpha value is -0.210. The first-order valence-corrected chi connectivity index (χ1v) is 7.85. The van der Waals surface area contributed by atoms with Gasteiger partial charge in [0.25, 0.3) is 0 Å². The fraction of sp³-hybridized carbons (Fsp3) is 0.786. The lowest BCUT2D eigenvalue weighted by atomic mass is 9.85. The van der Waals surface area contributed by atoms with E-state index in [0.717, 1.165) is 36.5 Å². The van der Waals surface area contributed by atoms with Crippen LogP contribution in [0.5, 0.6) is 0 Å². The van der Waals surface area contributed by atoms with Gasteiger partial charge in [-0.3, -0.25) is 4.68 Å². The monoisotopic (exact) mass is 288 g/mol. The second-order valence-electron chi connectivity index (χ2n) is 5.21. The molecule has 1 saturated carbocycles. The molecule has 0 radical (unpaired) electrons. The minimum atomic E-state index is 0.353. The van der Waals surface area contributed by atoms with E-state index in [0.29, 0.717) is 11.3 Å². The SMILES string of the molecule is CCc1nn(CC)c(CC2CCCC(Cl)C2)c1Cl. The summed E-state index contributed by atoms with van der Waals surface area (Å²) in [6.07, 6.45) is 6.74. The van der Waals surface area contributed by atoms with Gasteiger partial charge in [0.1, 0.15) is 0 Å². The van der Waals surface area contributed by atoms with Crippen molar-refractivity contribution in [3.05, 3.63) is 16.4 Å². The third-order valence-electron chi connectivity index (χ3n) is 3.89. The van der Waals surface area contributed by atoms with E-state index in [9.17, 15) is 0 Å². The molecule has 0 bridgehead atoms. The van der Waals surface area contributed by atoms with Gasteiger partial charge < -0.3 is 0 Å². The molecule has 0 saturated heterocycles. The lowest BCUT2D eigenvalue weighted by Gasteiger charge is -2.25. The first kappa shape index (κ1) is 14.2. The Morgan fingerprint density at radius 1 is 1.33 bits per heavy atom. The number of alkyl halides is 1. The van der Waals surface area contributed by atoms with Crippen molar-refractivity contribution < 1.29 is 0 Å². The Balaban J connectivity index is 2.14. The number of rotatable bonds is 4. The molecule has 2 nitrogen and oxygen atoms in total. The molecule has 2 rings (SSSR count). The zero-order chi connectivity index (χ0) is 13.1. The summed E-state index contributed by atoms with van der Waals surface area (Å²) in [6, 6.07) is 0. The third kappa shape index (κ3) is 3.03. The van der Waals surface area contributed by atoms with Crippen LogP contribution in [0.3, 0.4) is 0 Å². The summed E-state index contributed by atoms with van der Waals surface area (Å²) >= 11 is 12.7. The molecule has 0 amide bonds. The predicted octanol–water partition coefficient (Wildman–Crippen LogP) is 4.46. The number of nitrogens with zero attached hydrogens (tertiary/aromatic N) is 2. The van der Waals surface area contributed by atoms with Gasteiger partial charge in [0.05, 0.1) is 16.4 Å². The van der Waals surface area contributed by atoms with Crippen LogP contribution in [-0.2, 0) is 19.4 Å². The normalized spacial score (nSPS) is 24.4. The zero-order valence-corrected chi connectivity index (χ0v) is 12.8. The maximum Gasteiger partial charge on any atom is 0.0849 e. The molecule has 0 N–H and O–H groups in total. The van der Waals surface area contributed by atoms with Crippen LogP contribution in [-0.4, -0.2) is 15.2 Å². The molecule has 4 heteroatoms. The highest BCUT2D eigenvalue weighted by Gasteiger charge is 2.24. The van der Waals surface area contributed by atoms with Gasteiger partial charge >= 0.3 is 0 Å². The standard InChI is InChI=1S/C14H22Cl2N2/c1-3-12-14(16)13(18(4-2)17-12)9-10-6-5-7-11(15)8-10/h10-11H,3-9H2,1-2H3. The Labute approximate surface area is 120 Å². The van der Waals surface area contributed by atoms with Crippen molar-refractivity contribution in [3.8, 4) is 0 Å². The molecular weight excluding hydrogens is 267 g/mol. The van der Waals surface area contributed by atoms with Crippen molar-refractivity contribution in [2.45, 2.75) is 64.3 Å². The first-order chi connectivity index (χ1) is 8.65. The second kappa shape index (κ2) is 6.29. The van der Waals surface area contributed by atoms with Crippen LogP contribution in [0.4, 0.5) is 0 Å². The van der Waals surface area contributed by atoms with Gasteiger partial charge in [-0.25, -0.2) is 0 Å². The largest absolute Gasteiger partial charge is 0.268 e. The van der Waals surface area contributed by atoms with Crippen LogP contribution in [0.25, 0.3) is 0 Å². The smallest absolute Gasteiger partial charge is 0.0849 e. The van der Waals surface area contributed by atoms with Crippen LogP contribution in [0.15, 0.2) is 0 Å². The lowest BCUT2D eigenvalue weighted by molar-refractivity contribution is 0.353. The van der Waals surface area contributed by atoms with Gasteiger partial charge in [-0.2, -0.15) is 5.10 Å². The molecule has 0 aromatic carbocycles. The molecule has 1 heterocycles. The highest BCUT2D eigenvalue weighted by Crippen LogP contribution is 2.33. The molecule has 2 unspecified atom stereocenters. The summed E-state index contributed by atoms with van der Waals surface area (Å²) in [5.74, 6) is 0.672. The molecule has 1 aliphatic rings. The predicted molar refractivity (Wildman–Crippen MR) is 77.6 cm³/mol. The number of hydrogen-bond acceptors (Lipinski definition) is 1. The summed E-state index contributed by atoms with van der Waals surface area (Å²) in [5.41, 5.74) is 2.25. The van der Waals surface area contributed by atoms with Crippen LogP contribution in [0, 0.1) is 5.92 Å². The minimum Gasteiger partial charge on any atom is -0.268 e. The van der Waals surface area contributed by atoms with E-state index in [4.69, 9.17) is 23.2 Å². The molecule has 1 aliphatic carbocycles. The molecule has 1 aromatic rings. The second-order valence-corrected chi connectivity index (χ2v) is 6.21. The van der Waals surface area contributed by atoms with Crippen LogP contribution in [0.2, 0.25) is 5.02 Å². The quantitative estimate of drug-likeness (QED) is 0.748. The van der Waals surface area contributed by atoms with Gasteiger partial charge in [-0.1, -0.05) is 24.9 Å². The Bertz CT molecular complexity index is 401. The van der Waals surface area contributed by atoms with Crippen LogP contribution < -0.4 is 0 Å². The Morgan fingerprint density at radius 2 is 2.11 bits per heavy atom. The summed E-state index contributed by atoms with van der Waals surface area (Å²) in [5, 5.41) is 5.82. The lowest BCUT2D eigenvalue weighted by Crippen LogP contribution is -2.19. The highest BCUT2D eigenvalue weighted by atomic mass is 35.5. The molecular formula is C14H22Cl2N2. The van der Waals surface area contributed by atoms with E-state index in [-0.39, 0.29) is 0 Å². The topological polar surface area (TPSA) is 17.8 Å². The van der Waals surface area contributed by atoms with E-state index in [1.807, 2.05) is 0 Å². The van der Waals surface area contributed by atoms with E-state index in [1.165, 1.54) is 25.0 Å². The van der Waals surface area contributed by atoms with E-state index >= 15 is 0 Å². The molecule has 102 valence electrons. The number of aromatic nitrogens is 2. The zero-order valence-electron chi connectivity index (χ0n) is 11.3. The number of halogens is 2. The van der Waals surface area contributed by atoms with Gasteiger partial charge in [0, 0.05) is 11.9 Å². The molecule has 2 atom stereocenters. The Morgan fingerprint density at radius 3 is 2.72 bits per heavy atom. The fourth-order valence-electron chi connectivity index (χ4n) is 2.90. The summed E-state index contributed by atoms with van der Waals surface area (Å²) in [7, 11) is 0. The van der Waals surface area contributed by atoms with Gasteiger partial charge in [0.2, 0.25) is 0 Å². The molecule has 1 aromatic heterocycles. The van der Waals surface area contributed by atoms with Crippen molar-refractivity contribution in [1.82, 2.24) is 9.78 Å². The van der Waals surface area contributed by atoms with Crippen LogP contribution in [0.1, 0.15) is 50.9 Å². The average molecular weight is 289 g/mol. The maximum atomic E-state index is 6.45. The summed E-state index contributed by atoms with van der Waals surface area (Å²) in [6.45, 7) is 5.12. The molecule has 18 heavy (non-hydrogen) atoms. The van der Waals surface area contributed by atoms with Crippen LogP contribution >= 0.6 is 23.2 Å². The van der Waals surface area contributed by atoms with Crippen molar-refractivity contribution >= 4 is 23.2 Å². The van der Waals surface area contributed by atoms with Crippen molar-refractivity contribution in [2.24, 2.45) is 5.92 Å². The van der Waals surface area contributed by atoms with E-state index in [2.05, 4.69) is 23.6 Å². The molecule has 1 fully saturated rings. The molecule has 0 aliphatic heterocycles. The first-order valence-electron chi connectivity index (χ1n) is 7.03. The number of aryl methyl sites for hydroxylation is 2. The highest BCUT2D eigenvalue weighted by molar-refractivity contribution is 6.31. The van der Waals surface area contributed by atoms with Gasteiger partial charge in [-0.05, 0) is 44.9 Å². The van der Waals surface area contributed by atoms with E-state index in [1.54, 1.807) is 0 Å². The third-order valence-corrected chi connectivity index (χ3v) is 4.73. The Kier molecular flexibility index (Phi) is 4.97. The molecule has 0 spiro atoms. The maximum absolute atomic E-state index is 6.45. The van der Waals surface area contributed by atoms with Crippen molar-refractivity contribution in [2.75, 3.05) is 0 Å². The van der Waals surface area contributed by atoms with Crippen molar-refractivity contribution in [1.29, 1.82) is 0 Å². The minimum absolute atomic E-state index is 0.353.